The zero-order valence-corrected chi connectivity index (χ0v) is 13.3. The van der Waals surface area contributed by atoms with E-state index in [1.807, 2.05) is 60.3 Å². The van der Waals surface area contributed by atoms with Gasteiger partial charge in [-0.3, -0.25) is 19.6 Å². The molecule has 0 aliphatic rings. The highest BCUT2D eigenvalue weighted by Gasteiger charge is 2.12. The summed E-state index contributed by atoms with van der Waals surface area (Å²) in [5.74, 6) is 0. The lowest BCUT2D eigenvalue weighted by atomic mass is 10.2. The molecule has 118 valence electrons. The van der Waals surface area contributed by atoms with Gasteiger partial charge in [-0.15, -0.1) is 0 Å². The molecule has 0 saturated carbocycles. The molecule has 0 radical (unpaired) electrons. The first kappa shape index (κ1) is 14.9. The largest absolute Gasteiger partial charge is 0.465 e. The lowest BCUT2D eigenvalue weighted by Crippen LogP contribution is -2.25. The minimum absolute atomic E-state index is 0.644. The molecule has 0 saturated heterocycles. The smallest absolute Gasteiger partial charge is 0.411 e. The third kappa shape index (κ3) is 2.59. The Labute approximate surface area is 134 Å². The van der Waals surface area contributed by atoms with Crippen molar-refractivity contribution in [2.24, 2.45) is 0 Å². The maximum atomic E-state index is 11.1. The number of pyridine rings is 1. The molecule has 2 heterocycles. The molecule has 1 N–H and O–H groups in total. The molecule has 23 heavy (non-hydrogen) atoms. The fourth-order valence-electron chi connectivity index (χ4n) is 2.64. The van der Waals surface area contributed by atoms with Crippen LogP contribution in [0.3, 0.4) is 0 Å². The molecule has 1 amide bonds. The van der Waals surface area contributed by atoms with E-state index in [0.717, 1.165) is 22.2 Å². The number of fused-ring (bicyclic) bond motifs is 1. The van der Waals surface area contributed by atoms with E-state index in [-0.39, 0.29) is 0 Å². The van der Waals surface area contributed by atoms with Crippen LogP contribution in [0.4, 0.5) is 16.2 Å². The van der Waals surface area contributed by atoms with Crippen LogP contribution >= 0.6 is 0 Å². The minimum atomic E-state index is -0.978. The lowest BCUT2D eigenvalue weighted by Gasteiger charge is -2.23. The maximum absolute atomic E-state index is 11.1. The van der Waals surface area contributed by atoms with E-state index < -0.39 is 6.09 Å². The van der Waals surface area contributed by atoms with Crippen LogP contribution in [-0.2, 0) is 0 Å². The summed E-state index contributed by atoms with van der Waals surface area (Å²) in [5.41, 5.74) is 3.79. The third-order valence-electron chi connectivity index (χ3n) is 3.99. The topological polar surface area (TPSA) is 61.6 Å². The highest BCUT2D eigenvalue weighted by molar-refractivity contribution is 5.91. The van der Waals surface area contributed by atoms with Crippen molar-refractivity contribution in [3.63, 3.8) is 0 Å². The second-order valence-electron chi connectivity index (χ2n) is 5.43. The first-order valence-electron chi connectivity index (χ1n) is 7.21. The van der Waals surface area contributed by atoms with E-state index in [4.69, 9.17) is 5.11 Å². The second-order valence-corrected chi connectivity index (χ2v) is 5.43. The van der Waals surface area contributed by atoms with Gasteiger partial charge in [0.25, 0.3) is 0 Å². The highest BCUT2D eigenvalue weighted by Crippen LogP contribution is 2.26. The van der Waals surface area contributed by atoms with E-state index in [0.29, 0.717) is 5.69 Å². The average Bonchev–Trinajstić information content (AvgIpc) is 2.96. The predicted octanol–water partition coefficient (Wildman–Crippen LogP) is 3.36. The Balaban J connectivity index is 2.03. The summed E-state index contributed by atoms with van der Waals surface area (Å²) < 4.78 is 2.03. The number of hydrogen-bond donors (Lipinski definition) is 1. The number of anilines is 2. The molecular formula is C17H18N4O2. The van der Waals surface area contributed by atoms with Gasteiger partial charge in [0, 0.05) is 43.8 Å². The normalized spacial score (nSPS) is 10.7. The Morgan fingerprint density at radius 3 is 2.70 bits per heavy atom. The summed E-state index contributed by atoms with van der Waals surface area (Å²) in [6.07, 6.45) is 4.59. The molecule has 6 nitrogen and oxygen atoms in total. The molecule has 6 heteroatoms. The van der Waals surface area contributed by atoms with Crippen LogP contribution in [0, 0.1) is 6.92 Å². The minimum Gasteiger partial charge on any atom is -0.465 e. The molecule has 3 aromatic rings. The van der Waals surface area contributed by atoms with Gasteiger partial charge < -0.3 is 5.11 Å². The zero-order valence-electron chi connectivity index (χ0n) is 13.3. The van der Waals surface area contributed by atoms with E-state index >= 15 is 0 Å². The van der Waals surface area contributed by atoms with Crippen molar-refractivity contribution < 1.29 is 9.90 Å². The molecule has 0 aliphatic heterocycles. The van der Waals surface area contributed by atoms with Crippen molar-refractivity contribution in [2.45, 2.75) is 6.92 Å². The maximum Gasteiger partial charge on any atom is 0.411 e. The SMILES string of the molecule is Cc1cnccc1N(C)n1ccc2cc(N(C)C(=O)O)ccc21. The summed E-state index contributed by atoms with van der Waals surface area (Å²) in [6.45, 7) is 2.02. The number of carboxylic acid groups (broad SMARTS) is 1. The quantitative estimate of drug-likeness (QED) is 0.806. The molecular weight excluding hydrogens is 292 g/mol. The van der Waals surface area contributed by atoms with Gasteiger partial charge in [0.1, 0.15) is 0 Å². The monoisotopic (exact) mass is 310 g/mol. The van der Waals surface area contributed by atoms with E-state index in [1.165, 1.54) is 11.9 Å². The number of amides is 1. The first-order valence-corrected chi connectivity index (χ1v) is 7.21. The summed E-state index contributed by atoms with van der Waals surface area (Å²) in [4.78, 5) is 16.4. The molecule has 1 aromatic carbocycles. The summed E-state index contributed by atoms with van der Waals surface area (Å²) in [6, 6.07) is 9.54. The number of benzene rings is 1. The number of carbonyl (C=O) groups is 1. The van der Waals surface area contributed by atoms with Crippen molar-refractivity contribution in [1.29, 1.82) is 0 Å². The number of nitrogens with zero attached hydrogens (tertiary/aromatic N) is 4. The van der Waals surface area contributed by atoms with Gasteiger partial charge in [0.2, 0.25) is 0 Å². The van der Waals surface area contributed by atoms with Gasteiger partial charge in [-0.1, -0.05) is 0 Å². The zero-order chi connectivity index (χ0) is 16.6. The Morgan fingerprint density at radius 1 is 1.22 bits per heavy atom. The molecule has 0 aliphatic carbocycles. The number of aromatic nitrogens is 2. The van der Waals surface area contributed by atoms with Gasteiger partial charge in [-0.05, 0) is 42.8 Å². The first-order chi connectivity index (χ1) is 11.0. The Hall–Kier alpha value is -3.02. The van der Waals surface area contributed by atoms with Crippen LogP contribution in [0.15, 0.2) is 48.9 Å². The predicted molar refractivity (Wildman–Crippen MR) is 91.1 cm³/mol. The number of aryl methyl sites for hydroxylation is 1. The van der Waals surface area contributed by atoms with Crippen molar-refractivity contribution in [2.75, 3.05) is 24.0 Å². The van der Waals surface area contributed by atoms with Crippen LogP contribution in [0.5, 0.6) is 0 Å². The van der Waals surface area contributed by atoms with E-state index in [2.05, 4.69) is 4.98 Å². The summed E-state index contributed by atoms with van der Waals surface area (Å²) in [7, 11) is 3.52. The highest BCUT2D eigenvalue weighted by atomic mass is 16.4. The Morgan fingerprint density at radius 2 is 2.00 bits per heavy atom. The molecule has 2 aromatic heterocycles. The summed E-state index contributed by atoms with van der Waals surface area (Å²) in [5, 5.41) is 12.1. The van der Waals surface area contributed by atoms with Crippen molar-refractivity contribution in [1.82, 2.24) is 9.66 Å². The van der Waals surface area contributed by atoms with Crippen LogP contribution in [0.1, 0.15) is 5.56 Å². The third-order valence-corrected chi connectivity index (χ3v) is 3.99. The Kier molecular flexibility index (Phi) is 3.65. The standard InChI is InChI=1S/C17H18N4O2/c1-12-11-18-8-6-15(12)20(3)21-9-7-13-10-14(4-5-16(13)21)19(2)17(22)23/h4-11H,1-3H3,(H,22,23). The molecule has 0 spiro atoms. The van der Waals surface area contributed by atoms with Gasteiger partial charge in [0.05, 0.1) is 11.2 Å². The summed E-state index contributed by atoms with van der Waals surface area (Å²) >= 11 is 0. The molecule has 3 rings (SSSR count). The van der Waals surface area contributed by atoms with E-state index in [9.17, 15) is 4.79 Å². The van der Waals surface area contributed by atoms with Gasteiger partial charge >= 0.3 is 6.09 Å². The van der Waals surface area contributed by atoms with Crippen molar-refractivity contribution >= 4 is 28.4 Å². The lowest BCUT2D eigenvalue weighted by molar-refractivity contribution is 0.203. The number of rotatable bonds is 3. The van der Waals surface area contributed by atoms with Gasteiger partial charge in [-0.2, -0.15) is 0 Å². The fourth-order valence-corrected chi connectivity index (χ4v) is 2.64. The number of hydrogen-bond acceptors (Lipinski definition) is 3. The molecule has 0 unspecified atom stereocenters. The van der Waals surface area contributed by atoms with Crippen LogP contribution in [0.2, 0.25) is 0 Å². The van der Waals surface area contributed by atoms with E-state index in [1.54, 1.807) is 12.3 Å². The Bertz CT molecular complexity index is 872. The van der Waals surface area contributed by atoms with Crippen molar-refractivity contribution in [3.05, 3.63) is 54.5 Å². The molecule has 0 bridgehead atoms. The van der Waals surface area contributed by atoms with Crippen molar-refractivity contribution in [3.8, 4) is 0 Å². The van der Waals surface area contributed by atoms with Crippen LogP contribution < -0.4 is 9.91 Å². The van der Waals surface area contributed by atoms with Crippen LogP contribution in [0.25, 0.3) is 10.9 Å². The average molecular weight is 310 g/mol. The van der Waals surface area contributed by atoms with Gasteiger partial charge in [0.15, 0.2) is 0 Å². The van der Waals surface area contributed by atoms with Gasteiger partial charge in [-0.25, -0.2) is 4.79 Å². The second kappa shape index (κ2) is 5.64. The fraction of sp³-hybridized carbons (Fsp3) is 0.176. The molecule has 0 fully saturated rings. The molecule has 0 atom stereocenters. The van der Waals surface area contributed by atoms with Crippen LogP contribution in [-0.4, -0.2) is 35.0 Å².